The number of thioether (sulfide) groups is 1. The molecule has 0 radical (unpaired) electrons. The predicted octanol–water partition coefficient (Wildman–Crippen LogP) is 4.41. The van der Waals surface area contributed by atoms with Crippen LogP contribution < -0.4 is 9.64 Å². The average molecular weight is 341 g/mol. The molecular formula is C18H15NO2S2. The van der Waals surface area contributed by atoms with Crippen LogP contribution in [0.1, 0.15) is 11.1 Å². The zero-order valence-electron chi connectivity index (χ0n) is 12.8. The summed E-state index contributed by atoms with van der Waals surface area (Å²) in [6, 6.07) is 15.3. The van der Waals surface area contributed by atoms with Crippen LogP contribution in [-0.2, 0) is 4.79 Å². The Bertz CT molecular complexity index is 780. The summed E-state index contributed by atoms with van der Waals surface area (Å²) in [6.45, 7) is 2.03. The first kappa shape index (κ1) is 15.8. The Kier molecular flexibility index (Phi) is 4.50. The maximum absolute atomic E-state index is 12.7. The van der Waals surface area contributed by atoms with Crippen LogP contribution in [0.4, 0.5) is 5.69 Å². The number of rotatable bonds is 3. The highest BCUT2D eigenvalue weighted by atomic mass is 32.2. The molecule has 2 aromatic carbocycles. The average Bonchev–Trinajstić information content (AvgIpc) is 2.84. The number of amides is 1. The van der Waals surface area contributed by atoms with Gasteiger partial charge in [-0.05, 0) is 42.8 Å². The van der Waals surface area contributed by atoms with E-state index in [1.54, 1.807) is 12.0 Å². The molecule has 2 aromatic rings. The van der Waals surface area contributed by atoms with Crippen molar-refractivity contribution >= 4 is 46.0 Å². The molecule has 116 valence electrons. The van der Waals surface area contributed by atoms with Crippen molar-refractivity contribution in [2.24, 2.45) is 0 Å². The number of aryl methyl sites for hydroxylation is 1. The van der Waals surface area contributed by atoms with Gasteiger partial charge in [-0.1, -0.05) is 53.8 Å². The standard InChI is InChI=1S/C18H15NO2S2/c1-12-3-5-13(6-4-12)11-16-17(20)19(18(22)23-16)14-7-9-15(21-2)10-8-14/h3-11H,1-2H3/b16-11+. The van der Waals surface area contributed by atoms with Gasteiger partial charge >= 0.3 is 0 Å². The van der Waals surface area contributed by atoms with Gasteiger partial charge in [0.15, 0.2) is 4.32 Å². The van der Waals surface area contributed by atoms with Crippen LogP contribution in [0.5, 0.6) is 5.75 Å². The number of ether oxygens (including phenoxy) is 1. The molecule has 3 rings (SSSR count). The molecule has 3 nitrogen and oxygen atoms in total. The minimum atomic E-state index is -0.0919. The van der Waals surface area contributed by atoms with E-state index in [0.717, 1.165) is 17.0 Å². The van der Waals surface area contributed by atoms with Gasteiger partial charge in [-0.2, -0.15) is 0 Å². The van der Waals surface area contributed by atoms with Gasteiger partial charge in [0.05, 0.1) is 17.7 Å². The third kappa shape index (κ3) is 3.30. The highest BCUT2D eigenvalue weighted by molar-refractivity contribution is 8.27. The summed E-state index contributed by atoms with van der Waals surface area (Å²) in [5.41, 5.74) is 2.93. The van der Waals surface area contributed by atoms with E-state index in [4.69, 9.17) is 17.0 Å². The van der Waals surface area contributed by atoms with Gasteiger partial charge in [-0.15, -0.1) is 0 Å². The Balaban J connectivity index is 1.88. The van der Waals surface area contributed by atoms with E-state index in [9.17, 15) is 4.79 Å². The van der Waals surface area contributed by atoms with E-state index in [1.165, 1.54) is 17.3 Å². The zero-order chi connectivity index (χ0) is 16.4. The van der Waals surface area contributed by atoms with E-state index in [-0.39, 0.29) is 5.91 Å². The lowest BCUT2D eigenvalue weighted by Gasteiger charge is -2.14. The van der Waals surface area contributed by atoms with Crippen LogP contribution in [0.25, 0.3) is 6.08 Å². The number of thiocarbonyl (C=S) groups is 1. The fraction of sp³-hybridized carbons (Fsp3) is 0.111. The van der Waals surface area contributed by atoms with Gasteiger partial charge in [-0.25, -0.2) is 0 Å². The Morgan fingerprint density at radius 2 is 1.74 bits per heavy atom. The number of nitrogens with zero attached hydrogens (tertiary/aromatic N) is 1. The Labute approximate surface area is 144 Å². The summed E-state index contributed by atoms with van der Waals surface area (Å²) in [5, 5.41) is 0. The first-order chi connectivity index (χ1) is 11.1. The van der Waals surface area contributed by atoms with Gasteiger partial charge in [0.1, 0.15) is 5.75 Å². The topological polar surface area (TPSA) is 29.5 Å². The maximum Gasteiger partial charge on any atom is 0.270 e. The maximum atomic E-state index is 12.7. The first-order valence-corrected chi connectivity index (χ1v) is 8.29. The van der Waals surface area contributed by atoms with E-state index in [0.29, 0.717) is 9.23 Å². The second-order valence-corrected chi connectivity index (χ2v) is 6.80. The summed E-state index contributed by atoms with van der Waals surface area (Å²) in [6.07, 6.45) is 1.88. The molecule has 0 aromatic heterocycles. The summed E-state index contributed by atoms with van der Waals surface area (Å²) in [4.78, 5) is 14.8. The number of carbonyl (C=O) groups excluding carboxylic acids is 1. The third-order valence-corrected chi connectivity index (χ3v) is 4.80. The number of benzene rings is 2. The molecule has 23 heavy (non-hydrogen) atoms. The molecule has 0 bridgehead atoms. The lowest BCUT2D eigenvalue weighted by Crippen LogP contribution is -2.27. The molecule has 1 aliphatic rings. The van der Waals surface area contributed by atoms with Gasteiger partial charge in [0.25, 0.3) is 5.91 Å². The Morgan fingerprint density at radius 1 is 1.09 bits per heavy atom. The molecule has 5 heteroatoms. The van der Waals surface area contributed by atoms with Gasteiger partial charge < -0.3 is 4.74 Å². The molecular weight excluding hydrogens is 326 g/mol. The minimum Gasteiger partial charge on any atom is -0.497 e. The molecule has 0 unspecified atom stereocenters. The Hall–Kier alpha value is -2.11. The summed E-state index contributed by atoms with van der Waals surface area (Å²) < 4.78 is 5.68. The van der Waals surface area contributed by atoms with Gasteiger partial charge in [0.2, 0.25) is 0 Å². The number of hydrogen-bond donors (Lipinski definition) is 0. The lowest BCUT2D eigenvalue weighted by molar-refractivity contribution is -0.113. The van der Waals surface area contributed by atoms with Crippen molar-refractivity contribution in [2.45, 2.75) is 6.92 Å². The van der Waals surface area contributed by atoms with E-state index >= 15 is 0 Å². The van der Waals surface area contributed by atoms with Crippen LogP contribution in [0.2, 0.25) is 0 Å². The number of anilines is 1. The summed E-state index contributed by atoms with van der Waals surface area (Å²) >= 11 is 6.69. The Morgan fingerprint density at radius 3 is 2.35 bits per heavy atom. The van der Waals surface area contributed by atoms with Crippen molar-refractivity contribution in [3.05, 3.63) is 64.6 Å². The fourth-order valence-corrected chi connectivity index (χ4v) is 3.53. The molecule has 0 atom stereocenters. The molecule has 1 heterocycles. The molecule has 1 aliphatic heterocycles. The van der Waals surface area contributed by atoms with E-state index < -0.39 is 0 Å². The van der Waals surface area contributed by atoms with Crippen LogP contribution in [0.3, 0.4) is 0 Å². The smallest absolute Gasteiger partial charge is 0.270 e. The quantitative estimate of drug-likeness (QED) is 0.611. The molecule has 0 saturated carbocycles. The van der Waals surface area contributed by atoms with Crippen molar-refractivity contribution < 1.29 is 9.53 Å². The number of carbonyl (C=O) groups is 1. The van der Waals surface area contributed by atoms with Crippen molar-refractivity contribution in [3.8, 4) is 5.75 Å². The van der Waals surface area contributed by atoms with Crippen LogP contribution in [-0.4, -0.2) is 17.3 Å². The van der Waals surface area contributed by atoms with Crippen molar-refractivity contribution in [1.29, 1.82) is 0 Å². The van der Waals surface area contributed by atoms with Crippen LogP contribution >= 0.6 is 24.0 Å². The summed E-state index contributed by atoms with van der Waals surface area (Å²) in [7, 11) is 1.61. The normalized spacial score (nSPS) is 16.3. The van der Waals surface area contributed by atoms with E-state index in [2.05, 4.69) is 0 Å². The first-order valence-electron chi connectivity index (χ1n) is 7.07. The molecule has 0 N–H and O–H groups in total. The number of methoxy groups -OCH3 is 1. The molecule has 1 fully saturated rings. The van der Waals surface area contributed by atoms with Crippen molar-refractivity contribution in [1.82, 2.24) is 0 Å². The van der Waals surface area contributed by atoms with Gasteiger partial charge in [0, 0.05) is 0 Å². The molecule has 0 aliphatic carbocycles. The SMILES string of the molecule is COc1ccc(N2C(=O)/C(=C\c3ccc(C)cc3)SC2=S)cc1. The van der Waals surface area contributed by atoms with E-state index in [1.807, 2.05) is 61.5 Å². The largest absolute Gasteiger partial charge is 0.497 e. The highest BCUT2D eigenvalue weighted by Crippen LogP contribution is 2.36. The summed E-state index contributed by atoms with van der Waals surface area (Å²) in [5.74, 6) is 0.653. The zero-order valence-corrected chi connectivity index (χ0v) is 14.4. The number of hydrogen-bond acceptors (Lipinski definition) is 4. The predicted molar refractivity (Wildman–Crippen MR) is 99.8 cm³/mol. The molecule has 0 spiro atoms. The second kappa shape index (κ2) is 6.56. The highest BCUT2D eigenvalue weighted by Gasteiger charge is 2.33. The van der Waals surface area contributed by atoms with Crippen molar-refractivity contribution in [2.75, 3.05) is 12.0 Å². The third-order valence-electron chi connectivity index (χ3n) is 3.50. The molecule has 1 amide bonds. The molecule has 1 saturated heterocycles. The van der Waals surface area contributed by atoms with Crippen LogP contribution in [0, 0.1) is 6.92 Å². The monoisotopic (exact) mass is 341 g/mol. The minimum absolute atomic E-state index is 0.0919. The van der Waals surface area contributed by atoms with Crippen molar-refractivity contribution in [3.63, 3.8) is 0 Å². The lowest BCUT2D eigenvalue weighted by atomic mass is 10.1. The fourth-order valence-electron chi connectivity index (χ4n) is 2.24. The van der Waals surface area contributed by atoms with Crippen LogP contribution in [0.15, 0.2) is 53.4 Å². The second-order valence-electron chi connectivity index (χ2n) is 5.13. The van der Waals surface area contributed by atoms with Gasteiger partial charge in [-0.3, -0.25) is 9.69 Å².